The number of aromatic hydroxyl groups is 1. The number of halogens is 1. The molecule has 2 aliphatic rings. The van der Waals surface area contributed by atoms with Crippen LogP contribution in [0.2, 0.25) is 5.02 Å². The van der Waals surface area contributed by atoms with Gasteiger partial charge in [0, 0.05) is 29.7 Å². The highest BCUT2D eigenvalue weighted by atomic mass is 35.5. The minimum absolute atomic E-state index is 0.00210. The molecule has 2 saturated heterocycles. The summed E-state index contributed by atoms with van der Waals surface area (Å²) in [5.41, 5.74) is 10.1. The van der Waals surface area contributed by atoms with E-state index in [0.717, 1.165) is 22.3 Å². The molecule has 6 nitrogen and oxygen atoms in total. The van der Waals surface area contributed by atoms with E-state index >= 15 is 0 Å². The highest BCUT2D eigenvalue weighted by Gasteiger charge is 2.55. The molecule has 2 fully saturated rings. The van der Waals surface area contributed by atoms with E-state index in [1.807, 2.05) is 55.1 Å². The van der Waals surface area contributed by atoms with E-state index in [9.17, 15) is 15.0 Å². The molecule has 1 amide bonds. The number of hydrazine groups is 1. The Morgan fingerprint density at radius 1 is 1.10 bits per heavy atom. The molecule has 0 bridgehead atoms. The fourth-order valence-corrected chi connectivity index (χ4v) is 4.87. The van der Waals surface area contributed by atoms with Gasteiger partial charge in [-0.25, -0.2) is 10.9 Å². The second-order valence-electron chi connectivity index (χ2n) is 7.95. The molecular formula is C22H26ClN3O3. The topological polar surface area (TPSA) is 84.8 Å². The SMILES string of the molecule is Cc1cc(C)c(O)c(C2NNC3C(=O)N(CCCO)C(c4ccc(Cl)cc4)C32)c1. The van der Waals surface area contributed by atoms with Crippen molar-refractivity contribution in [2.24, 2.45) is 5.92 Å². The fourth-order valence-electron chi connectivity index (χ4n) is 4.75. The third-order valence-electron chi connectivity index (χ3n) is 5.99. The first-order valence-corrected chi connectivity index (χ1v) is 10.3. The molecule has 0 aromatic heterocycles. The summed E-state index contributed by atoms with van der Waals surface area (Å²) in [7, 11) is 0. The highest BCUT2D eigenvalue weighted by Crippen LogP contribution is 2.49. The number of likely N-dealkylation sites (tertiary alicyclic amines) is 1. The Labute approximate surface area is 175 Å². The number of fused-ring (bicyclic) bond motifs is 1. The van der Waals surface area contributed by atoms with Gasteiger partial charge in [-0.2, -0.15) is 0 Å². The lowest BCUT2D eigenvalue weighted by Gasteiger charge is -2.31. The summed E-state index contributed by atoms with van der Waals surface area (Å²) in [5, 5.41) is 20.7. The van der Waals surface area contributed by atoms with Crippen molar-refractivity contribution in [3.63, 3.8) is 0 Å². The summed E-state index contributed by atoms with van der Waals surface area (Å²) in [5.74, 6) is 0.142. The Balaban J connectivity index is 1.79. The van der Waals surface area contributed by atoms with Gasteiger partial charge < -0.3 is 15.1 Å². The highest BCUT2D eigenvalue weighted by molar-refractivity contribution is 6.30. The van der Waals surface area contributed by atoms with Crippen LogP contribution in [0.3, 0.4) is 0 Å². The molecule has 7 heteroatoms. The molecule has 154 valence electrons. The second kappa shape index (κ2) is 7.95. The zero-order valence-electron chi connectivity index (χ0n) is 16.5. The Morgan fingerprint density at radius 2 is 1.79 bits per heavy atom. The number of carbonyl (C=O) groups excluding carboxylic acids is 1. The summed E-state index contributed by atoms with van der Waals surface area (Å²) in [6.07, 6.45) is 0.516. The molecule has 2 heterocycles. The number of aliphatic hydroxyl groups is 1. The monoisotopic (exact) mass is 415 g/mol. The molecule has 2 aliphatic heterocycles. The number of hydrogen-bond donors (Lipinski definition) is 4. The van der Waals surface area contributed by atoms with Gasteiger partial charge in [0.1, 0.15) is 11.8 Å². The van der Waals surface area contributed by atoms with Crippen molar-refractivity contribution in [2.45, 2.75) is 38.4 Å². The zero-order chi connectivity index (χ0) is 20.7. The number of nitrogens with zero attached hydrogens (tertiary/aromatic N) is 1. The molecule has 29 heavy (non-hydrogen) atoms. The van der Waals surface area contributed by atoms with Crippen molar-refractivity contribution in [1.82, 2.24) is 15.8 Å². The summed E-state index contributed by atoms with van der Waals surface area (Å²) in [4.78, 5) is 15.0. The number of amides is 1. The van der Waals surface area contributed by atoms with Crippen molar-refractivity contribution < 1.29 is 15.0 Å². The molecule has 4 rings (SSSR count). The van der Waals surface area contributed by atoms with E-state index in [4.69, 9.17) is 11.6 Å². The van der Waals surface area contributed by atoms with Crippen molar-refractivity contribution in [2.75, 3.05) is 13.2 Å². The number of aryl methyl sites for hydroxylation is 2. The van der Waals surface area contributed by atoms with Gasteiger partial charge in [-0.1, -0.05) is 41.4 Å². The number of rotatable bonds is 5. The number of phenols is 1. The van der Waals surface area contributed by atoms with E-state index in [-0.39, 0.29) is 36.3 Å². The zero-order valence-corrected chi connectivity index (χ0v) is 17.3. The maximum absolute atomic E-state index is 13.2. The summed E-state index contributed by atoms with van der Waals surface area (Å²) < 4.78 is 0. The van der Waals surface area contributed by atoms with Crippen molar-refractivity contribution >= 4 is 17.5 Å². The van der Waals surface area contributed by atoms with Gasteiger partial charge in [-0.05, 0) is 43.5 Å². The van der Waals surface area contributed by atoms with Gasteiger partial charge in [0.05, 0.1) is 12.1 Å². The lowest BCUT2D eigenvalue weighted by molar-refractivity contribution is -0.130. The van der Waals surface area contributed by atoms with Crippen molar-refractivity contribution in [3.05, 3.63) is 63.7 Å². The van der Waals surface area contributed by atoms with Crippen LogP contribution >= 0.6 is 11.6 Å². The van der Waals surface area contributed by atoms with Crippen LogP contribution in [0, 0.1) is 19.8 Å². The molecule has 4 atom stereocenters. The van der Waals surface area contributed by atoms with Crippen LogP contribution < -0.4 is 10.9 Å². The number of phenolic OH excluding ortho intramolecular Hbond substituents is 1. The van der Waals surface area contributed by atoms with Gasteiger partial charge in [0.2, 0.25) is 5.91 Å². The summed E-state index contributed by atoms with van der Waals surface area (Å²) >= 11 is 6.09. The van der Waals surface area contributed by atoms with Crippen LogP contribution in [0.25, 0.3) is 0 Å². The van der Waals surface area contributed by atoms with Gasteiger partial charge in [-0.15, -0.1) is 0 Å². The minimum Gasteiger partial charge on any atom is -0.507 e. The maximum Gasteiger partial charge on any atom is 0.242 e. The minimum atomic E-state index is -0.403. The van der Waals surface area contributed by atoms with Crippen LogP contribution in [0.5, 0.6) is 5.75 Å². The van der Waals surface area contributed by atoms with E-state index < -0.39 is 6.04 Å². The average molecular weight is 416 g/mol. The van der Waals surface area contributed by atoms with E-state index in [1.165, 1.54) is 0 Å². The summed E-state index contributed by atoms with van der Waals surface area (Å²) in [6, 6.07) is 10.7. The lowest BCUT2D eigenvalue weighted by Crippen LogP contribution is -2.41. The molecule has 4 unspecified atom stereocenters. The number of nitrogens with one attached hydrogen (secondary N) is 2. The Kier molecular flexibility index (Phi) is 5.53. The molecule has 0 aliphatic carbocycles. The largest absolute Gasteiger partial charge is 0.507 e. The van der Waals surface area contributed by atoms with Crippen LogP contribution in [0.1, 0.15) is 40.8 Å². The van der Waals surface area contributed by atoms with Crippen LogP contribution in [-0.2, 0) is 4.79 Å². The first kappa shape index (κ1) is 20.2. The van der Waals surface area contributed by atoms with Crippen LogP contribution in [-0.4, -0.2) is 40.2 Å². The third-order valence-corrected chi connectivity index (χ3v) is 6.24. The Bertz CT molecular complexity index is 918. The number of carbonyl (C=O) groups is 1. The standard InChI is InChI=1S/C22H26ClN3O3/c1-12-10-13(2)21(28)16(11-12)18-17-19(25-24-18)22(29)26(8-3-9-27)20(17)14-4-6-15(23)7-5-14/h4-7,10-11,17-20,24-25,27-28H,3,8-9H2,1-2H3. The molecule has 0 radical (unpaired) electrons. The molecule has 4 N–H and O–H groups in total. The van der Waals surface area contributed by atoms with E-state index in [1.54, 1.807) is 0 Å². The predicted molar refractivity (Wildman–Crippen MR) is 111 cm³/mol. The number of benzene rings is 2. The maximum atomic E-state index is 13.2. The van der Waals surface area contributed by atoms with Gasteiger partial charge in [0.25, 0.3) is 0 Å². The van der Waals surface area contributed by atoms with Crippen LogP contribution in [0.15, 0.2) is 36.4 Å². The van der Waals surface area contributed by atoms with E-state index in [0.29, 0.717) is 18.0 Å². The van der Waals surface area contributed by atoms with Gasteiger partial charge >= 0.3 is 0 Å². The lowest BCUT2D eigenvalue weighted by atomic mass is 9.82. The summed E-state index contributed by atoms with van der Waals surface area (Å²) in [6.45, 7) is 4.39. The van der Waals surface area contributed by atoms with Crippen molar-refractivity contribution in [3.8, 4) is 5.75 Å². The normalized spacial score (nSPS) is 26.2. The van der Waals surface area contributed by atoms with Gasteiger partial charge in [-0.3, -0.25) is 4.79 Å². The Morgan fingerprint density at radius 3 is 2.48 bits per heavy atom. The first-order valence-electron chi connectivity index (χ1n) is 9.90. The third kappa shape index (κ3) is 3.51. The van der Waals surface area contributed by atoms with Gasteiger partial charge in [0.15, 0.2) is 0 Å². The average Bonchev–Trinajstić information content (AvgIpc) is 3.23. The smallest absolute Gasteiger partial charge is 0.242 e. The van der Waals surface area contributed by atoms with E-state index in [2.05, 4.69) is 10.9 Å². The van der Waals surface area contributed by atoms with Crippen LogP contribution in [0.4, 0.5) is 0 Å². The Hall–Kier alpha value is -2.12. The fraction of sp³-hybridized carbons (Fsp3) is 0.409. The molecule has 0 spiro atoms. The second-order valence-corrected chi connectivity index (χ2v) is 8.38. The quantitative estimate of drug-likeness (QED) is 0.603. The predicted octanol–water partition coefficient (Wildman–Crippen LogP) is 2.76. The number of aliphatic hydroxyl groups excluding tert-OH is 1. The molecule has 0 saturated carbocycles. The first-order chi connectivity index (χ1) is 13.9. The van der Waals surface area contributed by atoms with Crippen molar-refractivity contribution in [1.29, 1.82) is 0 Å². The number of hydrogen-bond acceptors (Lipinski definition) is 5. The molecule has 2 aromatic carbocycles. The molecular weight excluding hydrogens is 390 g/mol. The molecule has 2 aromatic rings.